The minimum Gasteiger partial charge on any atom is -0.389 e. The monoisotopic (exact) mass is 168 g/mol. The molecule has 0 aliphatic rings. The Balaban J connectivity index is 3.55. The predicted molar refractivity (Wildman–Crippen MR) is 52.8 cm³/mol. The molecule has 0 aliphatic heterocycles. The first-order chi connectivity index (χ1) is 5.48. The molecule has 1 unspecified atom stereocenters. The third kappa shape index (κ3) is 6.24. The Hall–Kier alpha value is -0.480. The fraction of sp³-hybridized carbons (Fsp3) is 0.818. The van der Waals surface area contributed by atoms with Crippen molar-refractivity contribution in [2.24, 2.45) is 5.92 Å². The maximum absolute atomic E-state index is 9.68. The highest BCUT2D eigenvalue weighted by Crippen LogP contribution is 2.18. The van der Waals surface area contributed by atoms with E-state index in [1.807, 2.05) is 6.92 Å². The van der Waals surface area contributed by atoms with E-state index in [0.717, 1.165) is 12.8 Å². The maximum atomic E-state index is 9.68. The van der Waals surface area contributed by atoms with Gasteiger partial charge >= 0.3 is 0 Å². The van der Waals surface area contributed by atoms with E-state index in [0.29, 0.717) is 12.3 Å². The molecule has 12 heavy (non-hydrogen) atoms. The van der Waals surface area contributed by atoms with Crippen molar-refractivity contribution in [1.29, 1.82) is 0 Å². The molecule has 0 aromatic heterocycles. The highest BCUT2D eigenvalue weighted by atomic mass is 16.3. The van der Waals surface area contributed by atoms with Crippen molar-refractivity contribution >= 4 is 0 Å². The van der Waals surface area contributed by atoms with Gasteiger partial charge in [0.2, 0.25) is 0 Å². The summed E-state index contributed by atoms with van der Waals surface area (Å²) in [4.78, 5) is 0. The minimum absolute atomic E-state index is 0.463. The molecule has 0 aliphatic carbocycles. The van der Waals surface area contributed by atoms with Crippen molar-refractivity contribution in [3.05, 3.63) is 0 Å². The Kier molecular flexibility index (Phi) is 5.01. The van der Waals surface area contributed by atoms with E-state index in [4.69, 9.17) is 6.42 Å². The molecule has 70 valence electrons. The van der Waals surface area contributed by atoms with E-state index in [-0.39, 0.29) is 0 Å². The Bertz CT molecular complexity index is 151. The number of terminal acetylenes is 1. The van der Waals surface area contributed by atoms with Crippen LogP contribution in [0.2, 0.25) is 0 Å². The van der Waals surface area contributed by atoms with Crippen LogP contribution in [0.4, 0.5) is 0 Å². The van der Waals surface area contributed by atoms with Crippen LogP contribution in [0, 0.1) is 18.3 Å². The van der Waals surface area contributed by atoms with Crippen LogP contribution in [0.3, 0.4) is 0 Å². The molecule has 0 heterocycles. The van der Waals surface area contributed by atoms with E-state index >= 15 is 0 Å². The summed E-state index contributed by atoms with van der Waals surface area (Å²) in [6, 6.07) is 0. The lowest BCUT2D eigenvalue weighted by molar-refractivity contribution is 0.0527. The molecule has 0 fully saturated rings. The molecule has 0 radical (unpaired) electrons. The van der Waals surface area contributed by atoms with Crippen molar-refractivity contribution in [1.82, 2.24) is 0 Å². The third-order valence-corrected chi connectivity index (χ3v) is 1.98. The topological polar surface area (TPSA) is 20.2 Å². The molecule has 0 spiro atoms. The van der Waals surface area contributed by atoms with Crippen LogP contribution in [0.25, 0.3) is 0 Å². The standard InChI is InChI=1S/C11H20O/c1-5-8-11(4,12)9-6-7-10(2)3/h1,10,12H,6-9H2,2-4H3. The summed E-state index contributed by atoms with van der Waals surface area (Å²) in [7, 11) is 0. The first-order valence-electron chi connectivity index (χ1n) is 4.64. The number of aliphatic hydroxyl groups is 1. The second kappa shape index (κ2) is 5.22. The predicted octanol–water partition coefficient (Wildman–Crippen LogP) is 2.59. The lowest BCUT2D eigenvalue weighted by Crippen LogP contribution is -2.23. The number of hydrogen-bond acceptors (Lipinski definition) is 1. The minimum atomic E-state index is -0.649. The van der Waals surface area contributed by atoms with Gasteiger partial charge in [0.25, 0.3) is 0 Å². The van der Waals surface area contributed by atoms with Gasteiger partial charge in [-0.3, -0.25) is 0 Å². The van der Waals surface area contributed by atoms with Crippen LogP contribution >= 0.6 is 0 Å². The third-order valence-electron chi connectivity index (χ3n) is 1.98. The second-order valence-corrected chi connectivity index (χ2v) is 4.16. The maximum Gasteiger partial charge on any atom is 0.0728 e. The summed E-state index contributed by atoms with van der Waals surface area (Å²) in [6.07, 6.45) is 8.64. The quantitative estimate of drug-likeness (QED) is 0.626. The van der Waals surface area contributed by atoms with E-state index in [2.05, 4.69) is 19.8 Å². The van der Waals surface area contributed by atoms with E-state index in [1.54, 1.807) is 0 Å². The highest BCUT2D eigenvalue weighted by Gasteiger charge is 2.17. The smallest absolute Gasteiger partial charge is 0.0728 e. The lowest BCUT2D eigenvalue weighted by Gasteiger charge is -2.20. The largest absolute Gasteiger partial charge is 0.389 e. The van der Waals surface area contributed by atoms with Gasteiger partial charge < -0.3 is 5.11 Å². The average molecular weight is 168 g/mol. The van der Waals surface area contributed by atoms with Gasteiger partial charge in [0.15, 0.2) is 0 Å². The summed E-state index contributed by atoms with van der Waals surface area (Å²) >= 11 is 0. The van der Waals surface area contributed by atoms with Gasteiger partial charge in [-0.15, -0.1) is 12.3 Å². The summed E-state index contributed by atoms with van der Waals surface area (Å²) in [5.74, 6) is 3.21. The zero-order valence-corrected chi connectivity index (χ0v) is 8.43. The fourth-order valence-corrected chi connectivity index (χ4v) is 1.20. The molecule has 0 aromatic carbocycles. The Labute approximate surface area is 76.2 Å². The molecule has 1 heteroatoms. The van der Waals surface area contributed by atoms with Gasteiger partial charge in [0, 0.05) is 6.42 Å². The molecule has 0 aromatic rings. The van der Waals surface area contributed by atoms with E-state index < -0.39 is 5.60 Å². The molecule has 1 nitrogen and oxygen atoms in total. The van der Waals surface area contributed by atoms with E-state index in [9.17, 15) is 5.11 Å². The van der Waals surface area contributed by atoms with Gasteiger partial charge in [-0.1, -0.05) is 26.7 Å². The molecule has 0 saturated carbocycles. The molecule has 0 saturated heterocycles. The first kappa shape index (κ1) is 11.5. The highest BCUT2D eigenvalue weighted by molar-refractivity contribution is 4.92. The molecule has 1 atom stereocenters. The summed E-state index contributed by atoms with van der Waals surface area (Å²) in [5.41, 5.74) is -0.649. The van der Waals surface area contributed by atoms with Crippen molar-refractivity contribution in [3.8, 4) is 12.3 Å². The number of rotatable bonds is 5. The van der Waals surface area contributed by atoms with Crippen LogP contribution in [0.1, 0.15) is 46.5 Å². The zero-order chi connectivity index (χ0) is 9.61. The number of hydrogen-bond donors (Lipinski definition) is 1. The first-order valence-corrected chi connectivity index (χ1v) is 4.64. The average Bonchev–Trinajstić information content (AvgIpc) is 1.85. The lowest BCUT2D eigenvalue weighted by atomic mass is 9.93. The summed E-state index contributed by atoms with van der Waals surface area (Å²) in [6.45, 7) is 6.19. The Morgan fingerprint density at radius 2 is 2.08 bits per heavy atom. The molecule has 1 N–H and O–H groups in total. The molecular formula is C11H20O. The Morgan fingerprint density at radius 3 is 2.50 bits per heavy atom. The van der Waals surface area contributed by atoms with Gasteiger partial charge in [0.05, 0.1) is 5.60 Å². The molecule has 0 rings (SSSR count). The van der Waals surface area contributed by atoms with Gasteiger partial charge in [-0.05, 0) is 19.3 Å². The SMILES string of the molecule is C#CCC(C)(O)CCCC(C)C. The van der Waals surface area contributed by atoms with Crippen molar-refractivity contribution in [2.75, 3.05) is 0 Å². The van der Waals surface area contributed by atoms with Crippen LogP contribution in [-0.2, 0) is 0 Å². The van der Waals surface area contributed by atoms with Crippen LogP contribution in [-0.4, -0.2) is 10.7 Å². The fourth-order valence-electron chi connectivity index (χ4n) is 1.20. The summed E-state index contributed by atoms with van der Waals surface area (Å²) in [5, 5.41) is 9.68. The summed E-state index contributed by atoms with van der Waals surface area (Å²) < 4.78 is 0. The molecular weight excluding hydrogens is 148 g/mol. The normalized spacial score (nSPS) is 15.7. The van der Waals surface area contributed by atoms with Crippen molar-refractivity contribution < 1.29 is 5.11 Å². The Morgan fingerprint density at radius 1 is 1.50 bits per heavy atom. The van der Waals surface area contributed by atoms with Crippen LogP contribution < -0.4 is 0 Å². The van der Waals surface area contributed by atoms with Gasteiger partial charge in [-0.25, -0.2) is 0 Å². The molecule has 0 amide bonds. The zero-order valence-electron chi connectivity index (χ0n) is 8.43. The van der Waals surface area contributed by atoms with Crippen molar-refractivity contribution in [3.63, 3.8) is 0 Å². The van der Waals surface area contributed by atoms with Crippen LogP contribution in [0.15, 0.2) is 0 Å². The van der Waals surface area contributed by atoms with Crippen molar-refractivity contribution in [2.45, 2.75) is 52.1 Å². The van der Waals surface area contributed by atoms with Crippen LogP contribution in [0.5, 0.6) is 0 Å². The van der Waals surface area contributed by atoms with Gasteiger partial charge in [0.1, 0.15) is 0 Å². The van der Waals surface area contributed by atoms with Gasteiger partial charge in [-0.2, -0.15) is 0 Å². The van der Waals surface area contributed by atoms with E-state index in [1.165, 1.54) is 6.42 Å². The molecule has 0 bridgehead atoms. The second-order valence-electron chi connectivity index (χ2n) is 4.16.